The van der Waals surface area contributed by atoms with Crippen molar-refractivity contribution >= 4 is 28.8 Å². The predicted molar refractivity (Wildman–Crippen MR) is 123 cm³/mol. The van der Waals surface area contributed by atoms with Gasteiger partial charge in [0.1, 0.15) is 11.6 Å². The molecule has 0 spiro atoms. The number of carbonyl (C=O) groups is 1. The molecule has 164 valence electrons. The lowest BCUT2D eigenvalue weighted by Gasteiger charge is -2.12. The normalized spacial score (nSPS) is 11.0. The van der Waals surface area contributed by atoms with E-state index in [1.165, 1.54) is 19.2 Å². The van der Waals surface area contributed by atoms with Gasteiger partial charge in [-0.2, -0.15) is 5.10 Å². The van der Waals surface area contributed by atoms with Crippen molar-refractivity contribution in [3.63, 3.8) is 0 Å². The number of amides is 1. The maximum absolute atomic E-state index is 13.6. The Morgan fingerprint density at radius 3 is 2.75 bits per heavy atom. The molecule has 4 aromatic rings. The Labute approximate surface area is 190 Å². The summed E-state index contributed by atoms with van der Waals surface area (Å²) in [6.45, 7) is 3.85. The highest BCUT2D eigenvalue weighted by atomic mass is 35.5. The molecule has 32 heavy (non-hydrogen) atoms. The lowest BCUT2D eigenvalue weighted by atomic mass is 10.1. The number of fused-ring (bicyclic) bond motifs is 1. The summed E-state index contributed by atoms with van der Waals surface area (Å²) in [6, 6.07) is 13.2. The molecule has 0 atom stereocenters. The number of benzene rings is 2. The van der Waals surface area contributed by atoms with Gasteiger partial charge in [-0.1, -0.05) is 23.7 Å². The summed E-state index contributed by atoms with van der Waals surface area (Å²) < 4.78 is 20.6. The highest BCUT2D eigenvalue weighted by Gasteiger charge is 2.15. The van der Waals surface area contributed by atoms with Crippen LogP contribution in [0.25, 0.3) is 16.9 Å². The van der Waals surface area contributed by atoms with Crippen molar-refractivity contribution in [1.82, 2.24) is 14.6 Å². The van der Waals surface area contributed by atoms with Crippen molar-refractivity contribution < 1.29 is 13.9 Å². The minimum atomic E-state index is -0.316. The third-order valence-corrected chi connectivity index (χ3v) is 5.56. The molecule has 2 aromatic carbocycles. The van der Waals surface area contributed by atoms with Crippen molar-refractivity contribution in [3.8, 4) is 17.0 Å². The number of hydrogen-bond donors (Lipinski definition) is 1. The number of carbonyl (C=O) groups excluding carboxylic acids is 1. The molecule has 0 saturated heterocycles. The van der Waals surface area contributed by atoms with E-state index in [2.05, 4.69) is 15.4 Å². The van der Waals surface area contributed by atoms with Crippen LogP contribution in [0.1, 0.15) is 23.4 Å². The second kappa shape index (κ2) is 8.96. The third-order valence-electron chi connectivity index (χ3n) is 5.32. The lowest BCUT2D eigenvalue weighted by molar-refractivity contribution is -0.116. The number of hydrogen-bond acceptors (Lipinski definition) is 4. The average Bonchev–Trinajstić information content (AvgIpc) is 3.18. The largest absolute Gasteiger partial charge is 0.495 e. The molecule has 0 bridgehead atoms. The molecule has 2 heterocycles. The first-order valence-electron chi connectivity index (χ1n) is 10.1. The van der Waals surface area contributed by atoms with E-state index < -0.39 is 0 Å². The fraction of sp³-hybridized carbons (Fsp3) is 0.208. The Balaban J connectivity index is 1.55. The summed E-state index contributed by atoms with van der Waals surface area (Å²) >= 11 is 6.04. The molecule has 1 N–H and O–H groups in total. The van der Waals surface area contributed by atoms with Crippen LogP contribution in [0.5, 0.6) is 5.75 Å². The summed E-state index contributed by atoms with van der Waals surface area (Å²) in [7, 11) is 1.54. The van der Waals surface area contributed by atoms with Crippen molar-refractivity contribution in [1.29, 1.82) is 0 Å². The van der Waals surface area contributed by atoms with E-state index in [0.29, 0.717) is 39.8 Å². The van der Waals surface area contributed by atoms with Gasteiger partial charge in [-0.3, -0.25) is 4.79 Å². The fourth-order valence-electron chi connectivity index (χ4n) is 3.71. The van der Waals surface area contributed by atoms with Crippen molar-refractivity contribution in [2.45, 2.75) is 26.7 Å². The van der Waals surface area contributed by atoms with E-state index in [1.807, 2.05) is 26.0 Å². The van der Waals surface area contributed by atoms with Gasteiger partial charge in [-0.15, -0.1) is 0 Å². The first-order valence-corrected chi connectivity index (χ1v) is 10.5. The van der Waals surface area contributed by atoms with Crippen LogP contribution in [0.4, 0.5) is 10.1 Å². The summed E-state index contributed by atoms with van der Waals surface area (Å²) in [5.41, 5.74) is 5.19. The monoisotopic (exact) mass is 452 g/mol. The van der Waals surface area contributed by atoms with Crippen molar-refractivity contribution in [2.75, 3.05) is 12.4 Å². The van der Waals surface area contributed by atoms with Gasteiger partial charge >= 0.3 is 0 Å². The molecule has 6 nitrogen and oxygen atoms in total. The van der Waals surface area contributed by atoms with Gasteiger partial charge in [0, 0.05) is 34.5 Å². The molecule has 4 rings (SSSR count). The number of anilines is 1. The number of ether oxygens (including phenoxy) is 1. The minimum Gasteiger partial charge on any atom is -0.495 e. The molecule has 0 aliphatic heterocycles. The van der Waals surface area contributed by atoms with E-state index in [1.54, 1.807) is 28.8 Å². The fourth-order valence-corrected chi connectivity index (χ4v) is 3.88. The van der Waals surface area contributed by atoms with Crippen molar-refractivity contribution in [2.24, 2.45) is 0 Å². The number of aromatic nitrogens is 3. The average molecular weight is 453 g/mol. The van der Waals surface area contributed by atoms with E-state index >= 15 is 0 Å². The quantitative estimate of drug-likeness (QED) is 0.426. The number of aryl methyl sites for hydroxylation is 2. The van der Waals surface area contributed by atoms with Crippen LogP contribution in [-0.2, 0) is 11.2 Å². The van der Waals surface area contributed by atoms with Gasteiger partial charge in [-0.25, -0.2) is 13.9 Å². The Morgan fingerprint density at radius 2 is 2.00 bits per heavy atom. The first-order chi connectivity index (χ1) is 15.4. The minimum absolute atomic E-state index is 0.162. The van der Waals surface area contributed by atoms with E-state index in [4.69, 9.17) is 16.3 Å². The molecule has 0 aliphatic carbocycles. The third kappa shape index (κ3) is 4.43. The van der Waals surface area contributed by atoms with Gasteiger partial charge in [0.25, 0.3) is 0 Å². The molecule has 0 aliphatic rings. The Kier molecular flexibility index (Phi) is 6.10. The van der Waals surface area contributed by atoms with Crippen LogP contribution >= 0.6 is 11.6 Å². The van der Waals surface area contributed by atoms with Crippen LogP contribution < -0.4 is 10.1 Å². The molecule has 0 saturated carbocycles. The van der Waals surface area contributed by atoms with Crippen molar-refractivity contribution in [3.05, 3.63) is 76.3 Å². The summed E-state index contributed by atoms with van der Waals surface area (Å²) in [4.78, 5) is 17.2. The zero-order valence-corrected chi connectivity index (χ0v) is 18.7. The number of halogens is 2. The predicted octanol–water partition coefficient (Wildman–Crippen LogP) is 5.39. The van der Waals surface area contributed by atoms with Crippen LogP contribution in [0.15, 0.2) is 48.5 Å². The maximum atomic E-state index is 13.6. The summed E-state index contributed by atoms with van der Waals surface area (Å²) in [5.74, 6) is 0.0634. The van der Waals surface area contributed by atoms with Crippen LogP contribution in [0.3, 0.4) is 0 Å². The molecular weight excluding hydrogens is 431 g/mol. The molecule has 8 heteroatoms. The van der Waals surface area contributed by atoms with Gasteiger partial charge < -0.3 is 10.1 Å². The van der Waals surface area contributed by atoms with Gasteiger partial charge in [-0.05, 0) is 56.2 Å². The van der Waals surface area contributed by atoms with Gasteiger partial charge in [0.2, 0.25) is 5.91 Å². The van der Waals surface area contributed by atoms with Crippen LogP contribution in [-0.4, -0.2) is 27.6 Å². The second-order valence-electron chi connectivity index (χ2n) is 7.46. The highest BCUT2D eigenvalue weighted by molar-refractivity contribution is 6.31. The molecular formula is C24H22ClFN4O2. The van der Waals surface area contributed by atoms with E-state index in [9.17, 15) is 9.18 Å². The smallest absolute Gasteiger partial charge is 0.224 e. The molecule has 2 aromatic heterocycles. The van der Waals surface area contributed by atoms with Gasteiger partial charge in [0.05, 0.1) is 18.5 Å². The molecule has 0 unspecified atom stereocenters. The Hall–Kier alpha value is -3.45. The van der Waals surface area contributed by atoms with Crippen LogP contribution in [0.2, 0.25) is 5.02 Å². The maximum Gasteiger partial charge on any atom is 0.224 e. The van der Waals surface area contributed by atoms with Gasteiger partial charge in [0.15, 0.2) is 5.65 Å². The zero-order valence-electron chi connectivity index (χ0n) is 17.9. The number of methoxy groups -OCH3 is 1. The Morgan fingerprint density at radius 1 is 1.19 bits per heavy atom. The standard InChI is InChI=1S/C24H22ClFN4O2/c1-14-19(8-10-24(31)28-21-12-17(25)7-9-22(21)32-3)15(2)30-23(27-14)13-20(29-30)16-5-4-6-18(26)11-16/h4-7,9,11-13H,8,10H2,1-3H3,(H,28,31). The first kappa shape index (κ1) is 21.8. The Bertz CT molecular complexity index is 1320. The number of nitrogens with one attached hydrogen (secondary N) is 1. The molecule has 1 amide bonds. The number of nitrogens with zero attached hydrogens (tertiary/aromatic N) is 3. The lowest BCUT2D eigenvalue weighted by Crippen LogP contribution is -2.15. The van der Waals surface area contributed by atoms with Crippen LogP contribution in [0, 0.1) is 19.7 Å². The van der Waals surface area contributed by atoms with E-state index in [0.717, 1.165) is 17.0 Å². The number of rotatable bonds is 6. The second-order valence-corrected chi connectivity index (χ2v) is 7.90. The molecule has 0 fully saturated rings. The highest BCUT2D eigenvalue weighted by Crippen LogP contribution is 2.28. The SMILES string of the molecule is COc1ccc(Cl)cc1NC(=O)CCc1c(C)nc2cc(-c3cccc(F)c3)nn2c1C. The van der Waals surface area contributed by atoms with E-state index in [-0.39, 0.29) is 18.1 Å². The molecule has 0 radical (unpaired) electrons. The zero-order chi connectivity index (χ0) is 22.8. The topological polar surface area (TPSA) is 68.5 Å². The summed E-state index contributed by atoms with van der Waals surface area (Å²) in [6.07, 6.45) is 0.743. The summed E-state index contributed by atoms with van der Waals surface area (Å²) in [5, 5.41) is 7.97.